The molecule has 0 amide bonds. The number of aromatic nitrogens is 4. The van der Waals surface area contributed by atoms with E-state index in [9.17, 15) is 5.11 Å². The first-order chi connectivity index (χ1) is 9.93. The van der Waals surface area contributed by atoms with Crippen LogP contribution in [0, 0.1) is 0 Å². The van der Waals surface area contributed by atoms with Gasteiger partial charge in [-0.15, -0.1) is 0 Å². The van der Waals surface area contributed by atoms with Gasteiger partial charge in [-0.2, -0.15) is 10.2 Å². The minimum absolute atomic E-state index is 0.479. The molecule has 1 unspecified atom stereocenters. The summed E-state index contributed by atoms with van der Waals surface area (Å²) in [6, 6.07) is 0. The van der Waals surface area contributed by atoms with E-state index in [4.69, 9.17) is 11.6 Å². The minimum atomic E-state index is -0.814. The van der Waals surface area contributed by atoms with E-state index in [0.29, 0.717) is 17.3 Å². The summed E-state index contributed by atoms with van der Waals surface area (Å²) in [4.78, 5) is 2.06. The van der Waals surface area contributed by atoms with Crippen LogP contribution in [0.25, 0.3) is 0 Å². The topological polar surface area (TPSA) is 59.1 Å². The zero-order chi connectivity index (χ0) is 15.6. The molecule has 0 spiro atoms. The molecule has 0 aliphatic carbocycles. The van der Waals surface area contributed by atoms with E-state index in [0.717, 1.165) is 24.2 Å². The summed E-state index contributed by atoms with van der Waals surface area (Å²) >= 11 is 6.22. The average molecular weight is 312 g/mol. The van der Waals surface area contributed by atoms with Gasteiger partial charge < -0.3 is 10.0 Å². The fraction of sp³-hybridized carbons (Fsp3) is 0.571. The molecule has 0 aliphatic rings. The lowest BCUT2D eigenvalue weighted by Gasteiger charge is -2.16. The Bertz CT molecular complexity index is 605. The molecule has 0 bridgehead atoms. The lowest BCUT2D eigenvalue weighted by atomic mass is 10.1. The number of aryl methyl sites for hydroxylation is 2. The van der Waals surface area contributed by atoms with Crippen LogP contribution in [0.1, 0.15) is 30.0 Å². The van der Waals surface area contributed by atoms with Crippen LogP contribution in [0.5, 0.6) is 0 Å². The fourth-order valence-corrected chi connectivity index (χ4v) is 2.56. The number of nitrogens with zero attached hydrogens (tertiary/aromatic N) is 5. The Labute approximate surface area is 129 Å². The zero-order valence-corrected chi connectivity index (χ0v) is 13.7. The number of halogens is 1. The highest BCUT2D eigenvalue weighted by atomic mass is 35.5. The third kappa shape index (κ3) is 3.45. The molecular formula is C14H22ClN5O. The van der Waals surface area contributed by atoms with Crippen LogP contribution >= 0.6 is 11.6 Å². The Balaban J connectivity index is 2.33. The molecular weight excluding hydrogens is 290 g/mol. The maximum absolute atomic E-state index is 10.7. The van der Waals surface area contributed by atoms with E-state index in [2.05, 4.69) is 15.1 Å². The summed E-state index contributed by atoms with van der Waals surface area (Å²) in [5.74, 6) is 0. The minimum Gasteiger partial charge on any atom is -0.382 e. The maximum Gasteiger partial charge on any atom is 0.125 e. The van der Waals surface area contributed by atoms with Crippen molar-refractivity contribution in [1.29, 1.82) is 0 Å². The molecule has 2 heterocycles. The summed E-state index contributed by atoms with van der Waals surface area (Å²) in [7, 11) is 5.84. The van der Waals surface area contributed by atoms with Crippen molar-refractivity contribution in [3.8, 4) is 0 Å². The highest BCUT2D eigenvalue weighted by molar-refractivity contribution is 6.31. The van der Waals surface area contributed by atoms with Crippen LogP contribution in [-0.2, 0) is 20.0 Å². The number of aliphatic hydroxyl groups excluding tert-OH is 1. The molecule has 21 heavy (non-hydrogen) atoms. The van der Waals surface area contributed by atoms with Gasteiger partial charge >= 0.3 is 0 Å². The quantitative estimate of drug-likeness (QED) is 0.878. The predicted molar refractivity (Wildman–Crippen MR) is 82.4 cm³/mol. The van der Waals surface area contributed by atoms with Crippen LogP contribution in [0.4, 0.5) is 0 Å². The molecule has 7 heteroatoms. The van der Waals surface area contributed by atoms with E-state index in [-0.39, 0.29) is 0 Å². The smallest absolute Gasteiger partial charge is 0.125 e. The Kier molecular flexibility index (Phi) is 5.03. The monoisotopic (exact) mass is 311 g/mol. The van der Waals surface area contributed by atoms with Gasteiger partial charge in [0.2, 0.25) is 0 Å². The van der Waals surface area contributed by atoms with Gasteiger partial charge in [0.25, 0.3) is 0 Å². The highest BCUT2D eigenvalue weighted by Crippen LogP contribution is 2.30. The summed E-state index contributed by atoms with van der Waals surface area (Å²) in [6.07, 6.45) is 3.36. The van der Waals surface area contributed by atoms with E-state index in [1.807, 2.05) is 34.3 Å². The van der Waals surface area contributed by atoms with Crippen molar-refractivity contribution >= 4 is 11.6 Å². The average Bonchev–Trinajstić information content (AvgIpc) is 2.98. The SMILES string of the molecule is CCc1nn(C)cc1C(O)c1c(Cl)cnn1CCN(C)C. The van der Waals surface area contributed by atoms with Gasteiger partial charge in [0.15, 0.2) is 0 Å². The summed E-state index contributed by atoms with van der Waals surface area (Å²) in [5, 5.41) is 19.8. The fourth-order valence-electron chi connectivity index (χ4n) is 2.32. The standard InChI is InChI=1S/C14H22ClN5O/c1-5-12-10(9-19(4)17-12)14(21)13-11(15)8-16-20(13)7-6-18(2)3/h8-9,14,21H,5-7H2,1-4H3. The van der Waals surface area contributed by atoms with Crippen molar-refractivity contribution in [2.45, 2.75) is 26.0 Å². The molecule has 0 aliphatic heterocycles. The second-order valence-corrected chi connectivity index (χ2v) is 5.77. The van der Waals surface area contributed by atoms with Gasteiger partial charge in [-0.25, -0.2) is 0 Å². The summed E-state index contributed by atoms with van der Waals surface area (Å²) in [6.45, 7) is 3.52. The van der Waals surface area contributed by atoms with Gasteiger partial charge in [0, 0.05) is 25.4 Å². The van der Waals surface area contributed by atoms with Crippen LogP contribution in [0.15, 0.2) is 12.4 Å². The largest absolute Gasteiger partial charge is 0.382 e. The Hall–Kier alpha value is -1.37. The van der Waals surface area contributed by atoms with Crippen molar-refractivity contribution in [3.05, 3.63) is 34.4 Å². The first-order valence-corrected chi connectivity index (χ1v) is 7.38. The van der Waals surface area contributed by atoms with Crippen LogP contribution in [-0.4, -0.2) is 50.2 Å². The predicted octanol–water partition coefficient (Wildman–Crippen LogP) is 1.48. The van der Waals surface area contributed by atoms with Gasteiger partial charge in [-0.1, -0.05) is 18.5 Å². The van der Waals surface area contributed by atoms with Crippen molar-refractivity contribution < 1.29 is 5.11 Å². The normalized spacial score (nSPS) is 13.1. The molecule has 0 fully saturated rings. The Morgan fingerprint density at radius 1 is 1.43 bits per heavy atom. The van der Waals surface area contributed by atoms with E-state index in [1.54, 1.807) is 15.6 Å². The number of likely N-dealkylation sites (N-methyl/N-ethyl adjacent to an activating group) is 1. The zero-order valence-electron chi connectivity index (χ0n) is 12.9. The number of aliphatic hydroxyl groups is 1. The molecule has 0 saturated carbocycles. The summed E-state index contributed by atoms with van der Waals surface area (Å²) < 4.78 is 3.48. The molecule has 116 valence electrons. The molecule has 0 saturated heterocycles. The Morgan fingerprint density at radius 3 is 2.76 bits per heavy atom. The van der Waals surface area contributed by atoms with E-state index < -0.39 is 6.10 Å². The molecule has 0 radical (unpaired) electrons. The second kappa shape index (κ2) is 6.60. The van der Waals surface area contributed by atoms with E-state index >= 15 is 0 Å². The highest BCUT2D eigenvalue weighted by Gasteiger charge is 2.23. The number of hydrogen-bond donors (Lipinski definition) is 1. The number of hydrogen-bond acceptors (Lipinski definition) is 4. The van der Waals surface area contributed by atoms with Crippen molar-refractivity contribution in [3.63, 3.8) is 0 Å². The van der Waals surface area contributed by atoms with Crippen LogP contribution in [0.3, 0.4) is 0 Å². The lowest BCUT2D eigenvalue weighted by molar-refractivity contribution is 0.204. The van der Waals surface area contributed by atoms with E-state index in [1.165, 1.54) is 0 Å². The second-order valence-electron chi connectivity index (χ2n) is 5.37. The third-order valence-electron chi connectivity index (χ3n) is 3.42. The maximum atomic E-state index is 10.7. The van der Waals surface area contributed by atoms with Crippen molar-refractivity contribution in [2.24, 2.45) is 7.05 Å². The molecule has 0 aromatic carbocycles. The molecule has 2 rings (SSSR count). The summed E-state index contributed by atoms with van der Waals surface area (Å²) in [5.41, 5.74) is 2.29. The molecule has 1 atom stereocenters. The van der Waals surface area contributed by atoms with Crippen LogP contribution < -0.4 is 0 Å². The van der Waals surface area contributed by atoms with Gasteiger partial charge in [-0.3, -0.25) is 9.36 Å². The van der Waals surface area contributed by atoms with Gasteiger partial charge in [0.05, 0.1) is 29.2 Å². The first kappa shape index (κ1) is 16.0. The van der Waals surface area contributed by atoms with Gasteiger partial charge in [0.1, 0.15) is 6.10 Å². The lowest BCUT2D eigenvalue weighted by Crippen LogP contribution is -2.21. The Morgan fingerprint density at radius 2 is 2.14 bits per heavy atom. The molecule has 2 aromatic rings. The third-order valence-corrected chi connectivity index (χ3v) is 3.71. The van der Waals surface area contributed by atoms with Gasteiger partial charge in [-0.05, 0) is 20.5 Å². The molecule has 6 nitrogen and oxygen atoms in total. The van der Waals surface area contributed by atoms with Crippen molar-refractivity contribution in [2.75, 3.05) is 20.6 Å². The molecule has 2 aromatic heterocycles. The first-order valence-electron chi connectivity index (χ1n) is 7.00. The molecule has 1 N–H and O–H groups in total. The van der Waals surface area contributed by atoms with Crippen molar-refractivity contribution in [1.82, 2.24) is 24.5 Å². The number of rotatable bonds is 6. The van der Waals surface area contributed by atoms with Crippen LogP contribution in [0.2, 0.25) is 5.02 Å².